The highest BCUT2D eigenvalue weighted by Crippen LogP contribution is 2.27. The van der Waals surface area contributed by atoms with E-state index in [-0.39, 0.29) is 34.7 Å². The van der Waals surface area contributed by atoms with Gasteiger partial charge < -0.3 is 19.9 Å². The minimum Gasteiger partial charge on any atom is -0.448 e. The molecule has 1 unspecified atom stereocenters. The van der Waals surface area contributed by atoms with Gasteiger partial charge in [-0.15, -0.1) is 0 Å². The molecule has 6 rings (SSSR count). The fraction of sp³-hybridized carbons (Fsp3) is 0.257. The van der Waals surface area contributed by atoms with Gasteiger partial charge >= 0.3 is 0 Å². The van der Waals surface area contributed by atoms with Crippen molar-refractivity contribution < 1.29 is 40.6 Å². The number of ether oxygens (including phenoxy) is 2. The molecule has 0 amide bonds. The van der Waals surface area contributed by atoms with Crippen LogP contribution >= 0.6 is 0 Å². The molecule has 2 N–H and O–H groups in total. The average Bonchev–Trinajstić information content (AvgIpc) is 3.07. The van der Waals surface area contributed by atoms with E-state index in [9.17, 15) is 40.7 Å². The van der Waals surface area contributed by atoms with Crippen molar-refractivity contribution in [1.29, 1.82) is 0 Å². The van der Waals surface area contributed by atoms with Gasteiger partial charge in [-0.2, -0.15) is 9.97 Å². The molecule has 4 heterocycles. The van der Waals surface area contributed by atoms with Gasteiger partial charge in [-0.3, -0.25) is 18.7 Å². The van der Waals surface area contributed by atoms with E-state index < -0.39 is 55.0 Å². The molecule has 284 valence electrons. The first-order valence-electron chi connectivity index (χ1n) is 15.9. The predicted molar refractivity (Wildman–Crippen MR) is 190 cm³/mol. The van der Waals surface area contributed by atoms with Crippen molar-refractivity contribution in [3.63, 3.8) is 0 Å². The zero-order chi connectivity index (χ0) is 39.7. The van der Waals surface area contributed by atoms with E-state index in [1.807, 2.05) is 6.92 Å². The molecule has 0 spiro atoms. The first-order valence-corrected chi connectivity index (χ1v) is 17.8. The highest BCUT2D eigenvalue weighted by molar-refractivity contribution is 7.90. The molecule has 0 bridgehead atoms. The van der Waals surface area contributed by atoms with E-state index in [2.05, 4.69) is 25.3 Å². The van der Waals surface area contributed by atoms with Crippen LogP contribution in [-0.4, -0.2) is 60.5 Å². The molecule has 6 aromatic rings. The molecule has 0 saturated carbocycles. The third-order valence-electron chi connectivity index (χ3n) is 7.55. The van der Waals surface area contributed by atoms with E-state index in [1.165, 1.54) is 43.2 Å². The number of anilines is 1. The maximum absolute atomic E-state index is 13.8. The first-order chi connectivity index (χ1) is 25.2. The van der Waals surface area contributed by atoms with E-state index in [4.69, 9.17) is 9.47 Å². The fourth-order valence-electron chi connectivity index (χ4n) is 5.19. The number of rotatable bonds is 9. The van der Waals surface area contributed by atoms with Crippen molar-refractivity contribution in [2.75, 3.05) is 11.6 Å². The van der Waals surface area contributed by atoms with Crippen LogP contribution in [0.5, 0.6) is 23.0 Å². The lowest BCUT2D eigenvalue weighted by atomic mass is 10.0. The Kier molecular flexibility index (Phi) is 11.0. The second kappa shape index (κ2) is 15.2. The molecular formula is C35H33F4N7O7S. The summed E-state index contributed by atoms with van der Waals surface area (Å²) in [5, 5.41) is 13.4. The summed E-state index contributed by atoms with van der Waals surface area (Å²) in [5.74, 6) is -4.06. The molecule has 2 aromatic carbocycles. The van der Waals surface area contributed by atoms with Crippen LogP contribution in [0.25, 0.3) is 22.1 Å². The molecule has 0 radical (unpaired) electrons. The number of benzene rings is 2. The average molecular weight is 772 g/mol. The van der Waals surface area contributed by atoms with Gasteiger partial charge in [0, 0.05) is 61.7 Å². The Morgan fingerprint density at radius 2 is 1.24 bits per heavy atom. The molecule has 0 aliphatic rings. The lowest BCUT2D eigenvalue weighted by Crippen LogP contribution is -2.29. The van der Waals surface area contributed by atoms with Crippen LogP contribution in [-0.2, 0) is 23.9 Å². The second-order valence-electron chi connectivity index (χ2n) is 12.8. The number of nitrogens with zero attached hydrogens (tertiary/aromatic N) is 6. The lowest BCUT2D eigenvalue weighted by molar-refractivity contribution is 0.0672. The number of hydrogen-bond acceptors (Lipinski definition) is 12. The van der Waals surface area contributed by atoms with E-state index in [1.54, 1.807) is 13.8 Å². The van der Waals surface area contributed by atoms with Crippen LogP contribution in [0.3, 0.4) is 0 Å². The van der Waals surface area contributed by atoms with Crippen molar-refractivity contribution in [3.05, 3.63) is 105 Å². The number of hydrogen-bond donors (Lipinski definition) is 2. The maximum Gasteiger partial charge on any atom is 0.294 e. The minimum atomic E-state index is -3.65. The molecule has 0 fully saturated rings. The molecule has 19 heteroatoms. The zero-order valence-corrected chi connectivity index (χ0v) is 30.4. The molecule has 14 nitrogen and oxygen atoms in total. The smallest absolute Gasteiger partial charge is 0.294 e. The molecule has 54 heavy (non-hydrogen) atoms. The summed E-state index contributed by atoms with van der Waals surface area (Å²) in [6.07, 6.45) is 4.14. The number of pyridine rings is 2. The van der Waals surface area contributed by atoms with Gasteiger partial charge in [0.25, 0.3) is 11.1 Å². The molecule has 0 aliphatic heterocycles. The van der Waals surface area contributed by atoms with Gasteiger partial charge in [0.2, 0.25) is 20.9 Å². The SMILES string of the molecule is CC(CC(C)(C)O)Nc1ncc2cc(Oc3ccc(F)cc3F)c(=O)n(C)c2n1.Cn1c(=O)c(Oc2ccc(F)cc2F)cc2cnc(S(C)(=O)=O)nc21. The largest absolute Gasteiger partial charge is 0.448 e. The second-order valence-corrected chi connectivity index (χ2v) is 14.7. The molecule has 0 saturated heterocycles. The van der Waals surface area contributed by atoms with Crippen molar-refractivity contribution in [2.24, 2.45) is 14.1 Å². The van der Waals surface area contributed by atoms with Crippen LogP contribution in [0.2, 0.25) is 0 Å². The normalized spacial score (nSPS) is 12.3. The van der Waals surface area contributed by atoms with Crippen LogP contribution in [0.4, 0.5) is 23.5 Å². The fourth-order valence-corrected chi connectivity index (χ4v) is 5.68. The summed E-state index contributed by atoms with van der Waals surface area (Å²) < 4.78 is 89.5. The number of aromatic nitrogens is 6. The topological polar surface area (TPSA) is 180 Å². The third-order valence-corrected chi connectivity index (χ3v) is 8.41. The van der Waals surface area contributed by atoms with Crippen molar-refractivity contribution >= 4 is 37.9 Å². The van der Waals surface area contributed by atoms with Gasteiger partial charge in [0.1, 0.15) is 22.9 Å². The van der Waals surface area contributed by atoms with Crippen molar-refractivity contribution in [3.8, 4) is 23.0 Å². The van der Waals surface area contributed by atoms with Gasteiger partial charge in [0.15, 0.2) is 34.6 Å². The summed E-state index contributed by atoms with van der Waals surface area (Å²) in [7, 11) is -0.778. The van der Waals surface area contributed by atoms with E-state index in [0.29, 0.717) is 40.9 Å². The Balaban J connectivity index is 0.000000210. The number of sulfone groups is 1. The Bertz CT molecular complexity index is 2630. The number of halogens is 4. The highest BCUT2D eigenvalue weighted by Gasteiger charge is 2.20. The molecule has 0 aliphatic carbocycles. The standard InChI is InChI=1S/C20H22F2N4O3.C15H11F2N3O4S/c1-11(9-20(2,3)28)24-19-23-10-12-7-16(18(27)26(4)17(12)25-19)29-15-6-5-13(21)8-14(15)22;1-20-13-8(7-18-15(19-13)25(2,22)23)5-12(14(20)21)24-11-4-3-9(16)6-10(11)17/h5-8,10-11,28H,9H2,1-4H3,(H,23,24,25);3-7H,1-2H3. The minimum absolute atomic E-state index is 0.0763. The van der Waals surface area contributed by atoms with E-state index in [0.717, 1.165) is 35.1 Å². The Morgan fingerprint density at radius 1 is 0.778 bits per heavy atom. The third kappa shape index (κ3) is 9.15. The monoisotopic (exact) mass is 771 g/mol. The van der Waals surface area contributed by atoms with Gasteiger partial charge in [-0.05, 0) is 63.6 Å². The quantitative estimate of drug-likeness (QED) is 0.146. The highest BCUT2D eigenvalue weighted by atomic mass is 32.2. The van der Waals surface area contributed by atoms with Crippen molar-refractivity contribution in [2.45, 2.75) is 44.0 Å². The molecular weight excluding hydrogens is 738 g/mol. The molecule has 1 atom stereocenters. The first kappa shape index (κ1) is 39.3. The molecule has 4 aromatic heterocycles. The summed E-state index contributed by atoms with van der Waals surface area (Å²) in [6.45, 7) is 5.31. The van der Waals surface area contributed by atoms with Crippen LogP contribution in [0.1, 0.15) is 27.2 Å². The van der Waals surface area contributed by atoms with Crippen LogP contribution in [0, 0.1) is 23.3 Å². The summed E-state index contributed by atoms with van der Waals surface area (Å²) in [6, 6.07) is 8.06. The Morgan fingerprint density at radius 3 is 1.69 bits per heavy atom. The number of aliphatic hydroxyl groups is 1. The number of nitrogens with one attached hydrogen (secondary N) is 1. The van der Waals surface area contributed by atoms with Crippen LogP contribution < -0.4 is 25.9 Å². The van der Waals surface area contributed by atoms with Gasteiger partial charge in [-0.1, -0.05) is 0 Å². The van der Waals surface area contributed by atoms with E-state index >= 15 is 0 Å². The summed E-state index contributed by atoms with van der Waals surface area (Å²) >= 11 is 0. The zero-order valence-electron chi connectivity index (χ0n) is 29.6. The lowest BCUT2D eigenvalue weighted by Gasteiger charge is -2.23. The Labute approximate surface area is 304 Å². The number of fused-ring (bicyclic) bond motifs is 2. The maximum atomic E-state index is 13.8. The Hall–Kier alpha value is -5.95. The summed E-state index contributed by atoms with van der Waals surface area (Å²) in [4.78, 5) is 41.2. The predicted octanol–water partition coefficient (Wildman–Crippen LogP) is 5.16. The van der Waals surface area contributed by atoms with Crippen LogP contribution in [0.15, 0.2) is 75.7 Å². The van der Waals surface area contributed by atoms with Gasteiger partial charge in [0.05, 0.1) is 5.60 Å². The van der Waals surface area contributed by atoms with Gasteiger partial charge in [-0.25, -0.2) is 35.9 Å². The van der Waals surface area contributed by atoms with Crippen molar-refractivity contribution in [1.82, 2.24) is 29.1 Å². The number of aryl methyl sites for hydroxylation is 2. The summed E-state index contributed by atoms with van der Waals surface area (Å²) in [5.41, 5.74) is -1.62.